The molecule has 0 bridgehead atoms. The van der Waals surface area contributed by atoms with Crippen molar-refractivity contribution >= 4 is 13.5 Å². The third-order valence-electron chi connectivity index (χ3n) is 4.39. The molecule has 10 heteroatoms. The second-order valence-electron chi connectivity index (χ2n) is 6.54. The highest BCUT2D eigenvalue weighted by atomic mass is 31.2. The Labute approximate surface area is 177 Å². The van der Waals surface area contributed by atoms with Crippen molar-refractivity contribution in [3.05, 3.63) is 35.0 Å². The monoisotopic (exact) mass is 439 g/mol. The van der Waals surface area contributed by atoms with E-state index in [0.29, 0.717) is 23.0 Å². The molecule has 0 spiro atoms. The number of aromatic hydroxyl groups is 1. The number of hydrogen-bond donors (Lipinski definition) is 2. The zero-order valence-corrected chi connectivity index (χ0v) is 19.2. The number of aromatic nitrogens is 2. The van der Waals surface area contributed by atoms with E-state index in [1.807, 2.05) is 6.92 Å². The molecule has 1 heterocycles. The predicted octanol–water partition coefficient (Wildman–Crippen LogP) is 4.24. The molecule has 0 aliphatic heterocycles. The minimum absolute atomic E-state index is 0.0300. The van der Waals surface area contributed by atoms with Crippen LogP contribution in [0.2, 0.25) is 0 Å². The highest BCUT2D eigenvalue weighted by Gasteiger charge is 2.37. The number of phenolic OH excluding ortho intramolecular Hbond substituents is 1. The lowest BCUT2D eigenvalue weighted by Gasteiger charge is -2.27. The zero-order valence-electron chi connectivity index (χ0n) is 18.3. The number of phenols is 1. The molecule has 1 atom stereocenters. The van der Waals surface area contributed by atoms with E-state index >= 15 is 0 Å². The average molecular weight is 439 g/mol. The van der Waals surface area contributed by atoms with Gasteiger partial charge in [-0.3, -0.25) is 4.57 Å². The van der Waals surface area contributed by atoms with Crippen molar-refractivity contribution in [1.29, 1.82) is 0 Å². The number of nitrogens with one attached hydrogen (secondary N) is 1. The van der Waals surface area contributed by atoms with Gasteiger partial charge in [-0.1, -0.05) is 6.07 Å². The summed E-state index contributed by atoms with van der Waals surface area (Å²) in [6.07, 6.45) is 0. The SMILES string of the molecule is CCOP(=O)(OCC)C(CNc1nc(C)cc(OC)n1)c1cc(C)c(O)c(OC)c1. The number of benzene rings is 1. The Morgan fingerprint density at radius 2 is 1.73 bits per heavy atom. The van der Waals surface area contributed by atoms with Crippen molar-refractivity contribution in [2.45, 2.75) is 33.4 Å². The van der Waals surface area contributed by atoms with Gasteiger partial charge in [0.15, 0.2) is 11.5 Å². The molecular formula is C20H30N3O6P. The molecule has 0 radical (unpaired) electrons. The molecule has 1 aromatic carbocycles. The first-order chi connectivity index (χ1) is 14.3. The number of ether oxygens (including phenoxy) is 2. The van der Waals surface area contributed by atoms with Crippen molar-refractivity contribution in [3.63, 3.8) is 0 Å². The van der Waals surface area contributed by atoms with Gasteiger partial charge in [-0.15, -0.1) is 0 Å². The predicted molar refractivity (Wildman–Crippen MR) is 115 cm³/mol. The Morgan fingerprint density at radius 1 is 1.07 bits per heavy atom. The molecule has 2 N–H and O–H groups in total. The van der Waals surface area contributed by atoms with Crippen LogP contribution in [0.3, 0.4) is 0 Å². The first-order valence-corrected chi connectivity index (χ1v) is 11.3. The van der Waals surface area contributed by atoms with Crippen LogP contribution in [0.4, 0.5) is 5.95 Å². The Morgan fingerprint density at radius 3 is 2.30 bits per heavy atom. The molecule has 2 rings (SSSR count). The molecule has 0 saturated carbocycles. The van der Waals surface area contributed by atoms with Crippen molar-refractivity contribution in [2.24, 2.45) is 0 Å². The fraction of sp³-hybridized carbons (Fsp3) is 0.500. The summed E-state index contributed by atoms with van der Waals surface area (Å²) in [5.74, 6) is 1.06. The van der Waals surface area contributed by atoms with E-state index in [1.165, 1.54) is 14.2 Å². The van der Waals surface area contributed by atoms with Gasteiger partial charge in [0, 0.05) is 18.3 Å². The Bertz CT molecular complexity index is 898. The summed E-state index contributed by atoms with van der Waals surface area (Å²) in [5.41, 5.74) is 1.25. The van der Waals surface area contributed by atoms with E-state index in [2.05, 4.69) is 15.3 Å². The Hall–Kier alpha value is -2.35. The van der Waals surface area contributed by atoms with E-state index in [4.69, 9.17) is 18.5 Å². The van der Waals surface area contributed by atoms with Crippen LogP contribution in [0.5, 0.6) is 17.4 Å². The minimum atomic E-state index is -3.57. The number of aryl methyl sites for hydroxylation is 2. The third kappa shape index (κ3) is 5.62. The molecule has 9 nitrogen and oxygen atoms in total. The van der Waals surface area contributed by atoms with Gasteiger partial charge in [-0.2, -0.15) is 4.98 Å². The number of methoxy groups -OCH3 is 2. The lowest BCUT2D eigenvalue weighted by molar-refractivity contribution is 0.212. The first-order valence-electron chi connectivity index (χ1n) is 9.67. The van der Waals surface area contributed by atoms with Crippen molar-refractivity contribution in [1.82, 2.24) is 9.97 Å². The molecule has 0 saturated heterocycles. The average Bonchev–Trinajstić information content (AvgIpc) is 2.70. The van der Waals surface area contributed by atoms with Crippen LogP contribution < -0.4 is 14.8 Å². The molecule has 0 aliphatic carbocycles. The van der Waals surface area contributed by atoms with E-state index in [1.54, 1.807) is 39.0 Å². The summed E-state index contributed by atoms with van der Waals surface area (Å²) in [5, 5.41) is 13.3. The Balaban J connectivity index is 2.48. The largest absolute Gasteiger partial charge is 0.504 e. The number of anilines is 1. The van der Waals surface area contributed by atoms with E-state index in [-0.39, 0.29) is 31.3 Å². The summed E-state index contributed by atoms with van der Waals surface area (Å²) >= 11 is 0. The molecule has 0 aliphatic rings. The van der Waals surface area contributed by atoms with Gasteiger partial charge in [0.05, 0.1) is 27.4 Å². The first kappa shape index (κ1) is 23.9. The number of hydrogen-bond acceptors (Lipinski definition) is 9. The summed E-state index contributed by atoms with van der Waals surface area (Å²) in [6.45, 7) is 7.68. The van der Waals surface area contributed by atoms with Crippen molar-refractivity contribution in [2.75, 3.05) is 39.3 Å². The second-order valence-corrected chi connectivity index (χ2v) is 8.76. The van der Waals surface area contributed by atoms with Gasteiger partial charge in [0.2, 0.25) is 11.8 Å². The standard InChI is InChI=1S/C20H30N3O6P/c1-7-28-30(25,29-8-2)17(15-9-13(3)19(24)16(11-15)26-5)12-21-20-22-14(4)10-18(23-20)27-6/h9-11,17,24H,7-8,12H2,1-6H3,(H,21,22,23). The van der Waals surface area contributed by atoms with Gasteiger partial charge in [-0.05, 0) is 44.9 Å². The lowest BCUT2D eigenvalue weighted by atomic mass is 10.1. The smallest absolute Gasteiger partial charge is 0.339 e. The van der Waals surface area contributed by atoms with Crippen LogP contribution in [-0.2, 0) is 13.6 Å². The van der Waals surface area contributed by atoms with Gasteiger partial charge < -0.3 is 28.9 Å². The maximum atomic E-state index is 13.7. The summed E-state index contributed by atoms with van der Waals surface area (Å²) < 4.78 is 35.4. The molecule has 0 fully saturated rings. The second kappa shape index (κ2) is 10.6. The minimum Gasteiger partial charge on any atom is -0.504 e. The summed E-state index contributed by atoms with van der Waals surface area (Å²) in [7, 11) is -0.583. The van der Waals surface area contributed by atoms with Crippen LogP contribution in [0.15, 0.2) is 18.2 Å². The van der Waals surface area contributed by atoms with Gasteiger partial charge in [-0.25, -0.2) is 4.98 Å². The topological polar surface area (TPSA) is 112 Å². The fourth-order valence-corrected chi connectivity index (χ4v) is 5.01. The van der Waals surface area contributed by atoms with E-state index in [0.717, 1.165) is 5.69 Å². The highest BCUT2D eigenvalue weighted by molar-refractivity contribution is 7.54. The maximum Gasteiger partial charge on any atom is 0.339 e. The quantitative estimate of drug-likeness (QED) is 0.497. The van der Waals surface area contributed by atoms with Crippen LogP contribution in [0.1, 0.15) is 36.3 Å². The molecule has 1 aromatic heterocycles. The number of nitrogens with zero attached hydrogens (tertiary/aromatic N) is 2. The molecule has 1 unspecified atom stereocenters. The van der Waals surface area contributed by atoms with Crippen LogP contribution >= 0.6 is 7.60 Å². The van der Waals surface area contributed by atoms with Crippen molar-refractivity contribution < 1.29 is 28.2 Å². The molecule has 166 valence electrons. The van der Waals surface area contributed by atoms with Gasteiger partial charge in [0.25, 0.3) is 0 Å². The van der Waals surface area contributed by atoms with Gasteiger partial charge >= 0.3 is 7.60 Å². The molecule has 0 amide bonds. The Kier molecular flexibility index (Phi) is 8.46. The number of rotatable bonds is 11. The van der Waals surface area contributed by atoms with Crippen LogP contribution in [-0.4, -0.2) is 49.1 Å². The molecular weight excluding hydrogens is 409 g/mol. The van der Waals surface area contributed by atoms with E-state index < -0.39 is 13.3 Å². The molecule has 2 aromatic rings. The highest BCUT2D eigenvalue weighted by Crippen LogP contribution is 2.61. The fourth-order valence-electron chi connectivity index (χ4n) is 3.02. The normalized spacial score (nSPS) is 12.5. The summed E-state index contributed by atoms with van der Waals surface area (Å²) in [6, 6.07) is 5.09. The lowest BCUT2D eigenvalue weighted by Crippen LogP contribution is -2.18. The van der Waals surface area contributed by atoms with Crippen LogP contribution in [0.25, 0.3) is 0 Å². The van der Waals surface area contributed by atoms with E-state index in [9.17, 15) is 9.67 Å². The van der Waals surface area contributed by atoms with Crippen LogP contribution in [0, 0.1) is 13.8 Å². The maximum absolute atomic E-state index is 13.7. The summed E-state index contributed by atoms with van der Waals surface area (Å²) in [4.78, 5) is 8.63. The van der Waals surface area contributed by atoms with Crippen molar-refractivity contribution in [3.8, 4) is 17.4 Å². The third-order valence-corrected chi connectivity index (χ3v) is 6.87. The molecule has 30 heavy (non-hydrogen) atoms. The zero-order chi connectivity index (χ0) is 22.3. The van der Waals surface area contributed by atoms with Gasteiger partial charge in [0.1, 0.15) is 5.66 Å².